The molecule has 3 rings (SSSR count). The maximum atomic E-state index is 11.9. The minimum Gasteiger partial charge on any atom is -0.480 e. The van der Waals surface area contributed by atoms with Gasteiger partial charge in [-0.1, -0.05) is 30.5 Å². The van der Waals surface area contributed by atoms with Gasteiger partial charge in [0.05, 0.1) is 0 Å². The molecular weight excluding hydrogens is 378 g/mol. The molecule has 2 unspecified atom stereocenters. The van der Waals surface area contributed by atoms with Crippen LogP contribution in [-0.2, 0) is 11.2 Å². The second-order valence-corrected chi connectivity index (χ2v) is 8.72. The van der Waals surface area contributed by atoms with E-state index in [1.165, 1.54) is 11.1 Å². The van der Waals surface area contributed by atoms with E-state index >= 15 is 0 Å². The largest absolute Gasteiger partial charge is 0.480 e. The number of hydrogen-bond donors (Lipinski definition) is 4. The van der Waals surface area contributed by atoms with Crippen LogP contribution in [0.15, 0.2) is 18.2 Å². The van der Waals surface area contributed by atoms with Gasteiger partial charge in [-0.25, -0.2) is 0 Å². The van der Waals surface area contributed by atoms with Crippen molar-refractivity contribution in [3.63, 3.8) is 0 Å². The highest BCUT2D eigenvalue weighted by Crippen LogP contribution is 2.40. The lowest BCUT2D eigenvalue weighted by Crippen LogP contribution is -2.57. The van der Waals surface area contributed by atoms with Crippen LogP contribution in [0.3, 0.4) is 0 Å². The maximum absolute atomic E-state index is 11.9. The number of piperidine rings is 1. The van der Waals surface area contributed by atoms with Crippen LogP contribution in [0.25, 0.3) is 0 Å². The molecule has 2 aliphatic rings. The monoisotopic (exact) mass is 408 g/mol. The molecule has 1 aromatic rings. The van der Waals surface area contributed by atoms with Crippen molar-refractivity contribution in [1.82, 2.24) is 4.90 Å². The molecule has 0 saturated carbocycles. The molecule has 28 heavy (non-hydrogen) atoms. The zero-order valence-corrected chi connectivity index (χ0v) is 16.9. The highest BCUT2D eigenvalue weighted by molar-refractivity contribution is 6.40. The predicted molar refractivity (Wildman–Crippen MR) is 110 cm³/mol. The summed E-state index contributed by atoms with van der Waals surface area (Å²) in [5, 5.41) is 28.5. The Hall–Kier alpha value is -1.12. The van der Waals surface area contributed by atoms with Crippen molar-refractivity contribution in [3.8, 4) is 0 Å². The molecular formula is C20H30BClN2O4. The second kappa shape index (κ2) is 9.14. The number of benzene rings is 1. The van der Waals surface area contributed by atoms with Crippen molar-refractivity contribution >= 4 is 24.7 Å². The summed E-state index contributed by atoms with van der Waals surface area (Å²) < 4.78 is 0. The summed E-state index contributed by atoms with van der Waals surface area (Å²) in [6, 6.07) is 6.52. The number of rotatable bonds is 8. The molecule has 1 heterocycles. The first-order valence-electron chi connectivity index (χ1n) is 10.2. The molecule has 0 radical (unpaired) electrons. The van der Waals surface area contributed by atoms with E-state index in [-0.39, 0.29) is 12.2 Å². The summed E-state index contributed by atoms with van der Waals surface area (Å²) in [6.07, 6.45) is 5.41. The van der Waals surface area contributed by atoms with Crippen LogP contribution in [0.5, 0.6) is 0 Å². The fraction of sp³-hybridized carbons (Fsp3) is 0.650. The van der Waals surface area contributed by atoms with Gasteiger partial charge in [0, 0.05) is 11.1 Å². The zero-order valence-electron chi connectivity index (χ0n) is 16.2. The number of carbonyl (C=O) groups is 1. The minimum absolute atomic E-state index is 0.0635. The SMILES string of the molecule is NC(CCCCB(O)O)(C(=O)O)C1CCN(C2CCc3cc(Cl)ccc32)CC1. The lowest BCUT2D eigenvalue weighted by Gasteiger charge is -2.42. The first kappa shape index (κ1) is 21.6. The maximum Gasteiger partial charge on any atom is 0.451 e. The molecule has 1 aromatic carbocycles. The topological polar surface area (TPSA) is 107 Å². The van der Waals surface area contributed by atoms with E-state index < -0.39 is 18.6 Å². The van der Waals surface area contributed by atoms with Gasteiger partial charge < -0.3 is 20.9 Å². The number of hydrogen-bond acceptors (Lipinski definition) is 5. The standard InChI is InChI=1S/C20H30BClN2O4/c22-16-4-5-17-14(13-16)3-6-18(17)24-11-7-15(8-12-24)20(23,19(25)26)9-1-2-10-21(27)28/h4-5,13,15,18,27-28H,1-3,6-12,23H2,(H,25,26). The third-order valence-electron chi connectivity index (χ3n) is 6.55. The summed E-state index contributed by atoms with van der Waals surface area (Å²) in [7, 11) is -1.34. The Morgan fingerprint density at radius 1 is 1.25 bits per heavy atom. The Morgan fingerprint density at radius 3 is 2.61 bits per heavy atom. The van der Waals surface area contributed by atoms with Gasteiger partial charge in [-0.2, -0.15) is 0 Å². The summed E-state index contributed by atoms with van der Waals surface area (Å²) in [4.78, 5) is 14.4. The summed E-state index contributed by atoms with van der Waals surface area (Å²) in [5.74, 6) is -1.01. The third-order valence-corrected chi connectivity index (χ3v) is 6.79. The Kier molecular flexibility index (Phi) is 7.05. The van der Waals surface area contributed by atoms with Crippen molar-refractivity contribution in [2.24, 2.45) is 11.7 Å². The Balaban J connectivity index is 1.58. The molecule has 1 aliphatic heterocycles. The number of nitrogens with two attached hydrogens (primary N) is 1. The molecule has 6 nitrogen and oxygen atoms in total. The van der Waals surface area contributed by atoms with Crippen LogP contribution in [0.2, 0.25) is 11.3 Å². The molecule has 0 bridgehead atoms. The number of carboxylic acids is 1. The molecule has 0 spiro atoms. The van der Waals surface area contributed by atoms with Gasteiger partial charge in [0.25, 0.3) is 0 Å². The fourth-order valence-electron chi connectivity index (χ4n) is 4.90. The van der Waals surface area contributed by atoms with E-state index in [1.807, 2.05) is 6.07 Å². The molecule has 1 fully saturated rings. The van der Waals surface area contributed by atoms with Gasteiger partial charge >= 0.3 is 13.1 Å². The fourth-order valence-corrected chi connectivity index (χ4v) is 5.09. The number of unbranched alkanes of at least 4 members (excludes halogenated alkanes) is 1. The molecule has 1 aliphatic carbocycles. The van der Waals surface area contributed by atoms with Crippen LogP contribution < -0.4 is 5.73 Å². The molecule has 154 valence electrons. The number of aliphatic carboxylic acids is 1. The van der Waals surface area contributed by atoms with Crippen molar-refractivity contribution in [2.75, 3.05) is 13.1 Å². The smallest absolute Gasteiger partial charge is 0.451 e. The average Bonchev–Trinajstić information content (AvgIpc) is 3.07. The molecule has 2 atom stereocenters. The quantitative estimate of drug-likeness (QED) is 0.389. The van der Waals surface area contributed by atoms with Crippen molar-refractivity contribution < 1.29 is 19.9 Å². The molecule has 0 amide bonds. The lowest BCUT2D eigenvalue weighted by atomic mass is 9.74. The minimum atomic E-state index is -1.34. The number of fused-ring (bicyclic) bond motifs is 1. The van der Waals surface area contributed by atoms with Crippen LogP contribution in [0.1, 0.15) is 55.7 Å². The van der Waals surface area contributed by atoms with Gasteiger partial charge in [0.2, 0.25) is 0 Å². The van der Waals surface area contributed by atoms with E-state index in [9.17, 15) is 9.90 Å². The summed E-state index contributed by atoms with van der Waals surface area (Å²) >= 11 is 6.11. The van der Waals surface area contributed by atoms with E-state index in [0.29, 0.717) is 25.3 Å². The molecule has 0 aromatic heterocycles. The van der Waals surface area contributed by atoms with Crippen LogP contribution >= 0.6 is 11.6 Å². The number of aryl methyl sites for hydroxylation is 1. The van der Waals surface area contributed by atoms with Crippen LogP contribution in [0, 0.1) is 5.92 Å². The first-order chi connectivity index (χ1) is 13.3. The predicted octanol–water partition coefficient (Wildman–Crippen LogP) is 2.46. The Morgan fingerprint density at radius 2 is 1.96 bits per heavy atom. The highest BCUT2D eigenvalue weighted by atomic mass is 35.5. The van der Waals surface area contributed by atoms with Crippen LogP contribution in [-0.4, -0.2) is 51.8 Å². The Bertz CT molecular complexity index is 697. The van der Waals surface area contributed by atoms with E-state index in [1.54, 1.807) is 0 Å². The van der Waals surface area contributed by atoms with Crippen LogP contribution in [0.4, 0.5) is 0 Å². The average molecular weight is 409 g/mol. The summed E-state index contributed by atoms with van der Waals surface area (Å²) in [5.41, 5.74) is 7.80. The number of carboxylic acid groups (broad SMARTS) is 1. The molecule has 5 N–H and O–H groups in total. The summed E-state index contributed by atoms with van der Waals surface area (Å²) in [6.45, 7) is 1.69. The van der Waals surface area contributed by atoms with Crippen molar-refractivity contribution in [2.45, 2.75) is 62.8 Å². The van der Waals surface area contributed by atoms with Crippen molar-refractivity contribution in [3.05, 3.63) is 34.3 Å². The second-order valence-electron chi connectivity index (χ2n) is 8.28. The van der Waals surface area contributed by atoms with Gasteiger partial charge in [-0.15, -0.1) is 0 Å². The molecule has 1 saturated heterocycles. The number of likely N-dealkylation sites (tertiary alicyclic amines) is 1. The highest BCUT2D eigenvalue weighted by Gasteiger charge is 2.44. The van der Waals surface area contributed by atoms with E-state index in [2.05, 4.69) is 17.0 Å². The lowest BCUT2D eigenvalue weighted by molar-refractivity contribution is -0.147. The van der Waals surface area contributed by atoms with Gasteiger partial charge in [0.1, 0.15) is 5.54 Å². The third kappa shape index (κ3) is 4.71. The van der Waals surface area contributed by atoms with E-state index in [0.717, 1.165) is 43.8 Å². The number of nitrogens with zero attached hydrogens (tertiary/aromatic N) is 1. The van der Waals surface area contributed by atoms with Gasteiger partial charge in [-0.3, -0.25) is 9.69 Å². The number of halogens is 1. The van der Waals surface area contributed by atoms with E-state index in [4.69, 9.17) is 27.4 Å². The van der Waals surface area contributed by atoms with Crippen molar-refractivity contribution in [1.29, 1.82) is 0 Å². The van der Waals surface area contributed by atoms with Gasteiger partial charge in [-0.05, 0) is 80.7 Å². The normalized spacial score (nSPS) is 22.6. The zero-order chi connectivity index (χ0) is 20.3. The van der Waals surface area contributed by atoms with Gasteiger partial charge in [0.15, 0.2) is 0 Å². The first-order valence-corrected chi connectivity index (χ1v) is 10.6. The Labute approximate surface area is 171 Å². The molecule has 8 heteroatoms.